The lowest BCUT2D eigenvalue weighted by atomic mass is 9.74. The molecule has 5 N–H and O–H groups in total. The Hall–Kier alpha value is -1.89. The number of hydrogen-bond donors (Lipinski definition) is 3. The van der Waals surface area contributed by atoms with Crippen LogP contribution in [0.2, 0.25) is 0 Å². The lowest BCUT2D eigenvalue weighted by Gasteiger charge is -2.36. The Labute approximate surface area is 112 Å². The quantitative estimate of drug-likeness (QED) is 0.700. The first-order chi connectivity index (χ1) is 8.54. The van der Waals surface area contributed by atoms with E-state index in [9.17, 15) is 9.59 Å². The summed E-state index contributed by atoms with van der Waals surface area (Å²) in [6.07, 6.45) is 3.00. The van der Waals surface area contributed by atoms with Crippen LogP contribution in [0.3, 0.4) is 0 Å². The molecule has 0 aliphatic rings. The third-order valence-electron chi connectivity index (χ3n) is 3.39. The number of carbonyl (C=O) groups excluding carboxylic acids is 2. The van der Waals surface area contributed by atoms with E-state index in [-0.39, 0.29) is 12.5 Å². The number of nitrogens with one attached hydrogen (secondary N) is 1. The number of carbonyl (C=O) groups is 2. The van der Waals surface area contributed by atoms with Gasteiger partial charge in [-0.25, -0.2) is 0 Å². The number of nitrogens with zero attached hydrogens (tertiary/aromatic N) is 2. The normalized spacial score (nSPS) is 12.3. The molecule has 0 radical (unpaired) electrons. The van der Waals surface area contributed by atoms with E-state index >= 15 is 0 Å². The summed E-state index contributed by atoms with van der Waals surface area (Å²) in [6.45, 7) is 7.11. The van der Waals surface area contributed by atoms with Gasteiger partial charge in [-0.15, -0.1) is 0 Å². The average molecular weight is 267 g/mol. The molecule has 1 rings (SSSR count). The van der Waals surface area contributed by atoms with E-state index in [2.05, 4.69) is 10.4 Å². The fraction of sp³-hybridized carbons (Fsp3) is 0.583. The first-order valence-electron chi connectivity index (χ1n) is 5.95. The highest BCUT2D eigenvalue weighted by Crippen LogP contribution is 2.29. The third-order valence-corrected chi connectivity index (χ3v) is 3.39. The Morgan fingerprint density at radius 3 is 2.42 bits per heavy atom. The van der Waals surface area contributed by atoms with E-state index in [0.29, 0.717) is 5.69 Å². The number of nitrogens with two attached hydrogens (primary N) is 2. The van der Waals surface area contributed by atoms with Crippen LogP contribution in [0.1, 0.15) is 27.7 Å². The molecule has 2 amide bonds. The van der Waals surface area contributed by atoms with Crippen molar-refractivity contribution in [1.82, 2.24) is 9.78 Å². The summed E-state index contributed by atoms with van der Waals surface area (Å²) in [4.78, 5) is 22.9. The molecule has 1 aromatic rings. The topological polar surface area (TPSA) is 116 Å². The summed E-state index contributed by atoms with van der Waals surface area (Å²) in [7, 11) is 0. The van der Waals surface area contributed by atoms with Crippen molar-refractivity contribution >= 4 is 17.5 Å². The maximum absolute atomic E-state index is 12.2. The van der Waals surface area contributed by atoms with Gasteiger partial charge in [0.05, 0.1) is 17.3 Å². The van der Waals surface area contributed by atoms with Gasteiger partial charge in [-0.1, -0.05) is 0 Å². The van der Waals surface area contributed by atoms with Crippen molar-refractivity contribution in [2.75, 3.05) is 5.32 Å². The zero-order chi connectivity index (χ0) is 14.8. The minimum Gasteiger partial charge on any atom is -0.368 e. The molecule has 19 heavy (non-hydrogen) atoms. The molecule has 0 aromatic carbocycles. The Balaban J connectivity index is 2.78. The summed E-state index contributed by atoms with van der Waals surface area (Å²) in [5, 5.41) is 6.65. The molecule has 1 heterocycles. The second kappa shape index (κ2) is 5.00. The predicted molar refractivity (Wildman–Crippen MR) is 72.1 cm³/mol. The fourth-order valence-corrected chi connectivity index (χ4v) is 1.25. The van der Waals surface area contributed by atoms with Gasteiger partial charge in [-0.3, -0.25) is 14.3 Å². The largest absolute Gasteiger partial charge is 0.368 e. The van der Waals surface area contributed by atoms with Crippen molar-refractivity contribution < 1.29 is 9.59 Å². The van der Waals surface area contributed by atoms with Gasteiger partial charge in [0, 0.05) is 11.7 Å². The van der Waals surface area contributed by atoms with Crippen molar-refractivity contribution in [2.45, 2.75) is 39.8 Å². The molecule has 0 saturated carbocycles. The number of primary amides is 1. The molecular formula is C12H21N5O2. The molecule has 0 aliphatic heterocycles. The van der Waals surface area contributed by atoms with Crippen LogP contribution in [0.15, 0.2) is 12.4 Å². The van der Waals surface area contributed by atoms with Crippen LogP contribution in [0.5, 0.6) is 0 Å². The van der Waals surface area contributed by atoms with E-state index < -0.39 is 16.9 Å². The highest BCUT2D eigenvalue weighted by Gasteiger charge is 2.40. The molecule has 0 atom stereocenters. The predicted octanol–water partition coefficient (Wildman–Crippen LogP) is 0.0704. The Morgan fingerprint density at radius 1 is 1.37 bits per heavy atom. The summed E-state index contributed by atoms with van der Waals surface area (Å²) in [5.41, 5.74) is 10.1. The van der Waals surface area contributed by atoms with Gasteiger partial charge in [-0.05, 0) is 27.7 Å². The first-order valence-corrected chi connectivity index (χ1v) is 5.95. The minimum absolute atomic E-state index is 0.0261. The molecule has 0 saturated heterocycles. The number of amides is 2. The molecule has 0 bridgehead atoms. The third kappa shape index (κ3) is 3.54. The van der Waals surface area contributed by atoms with Gasteiger partial charge < -0.3 is 16.8 Å². The van der Waals surface area contributed by atoms with Crippen LogP contribution in [0, 0.1) is 5.41 Å². The lowest BCUT2D eigenvalue weighted by Crippen LogP contribution is -2.53. The molecule has 0 aliphatic carbocycles. The number of hydrogen-bond acceptors (Lipinski definition) is 4. The molecule has 0 unspecified atom stereocenters. The van der Waals surface area contributed by atoms with Crippen LogP contribution in [-0.2, 0) is 16.1 Å². The molecule has 0 fully saturated rings. The van der Waals surface area contributed by atoms with Crippen molar-refractivity contribution in [2.24, 2.45) is 16.9 Å². The van der Waals surface area contributed by atoms with Crippen LogP contribution >= 0.6 is 0 Å². The number of rotatable bonds is 5. The molecule has 7 heteroatoms. The van der Waals surface area contributed by atoms with E-state index in [4.69, 9.17) is 11.5 Å². The van der Waals surface area contributed by atoms with Crippen molar-refractivity contribution in [3.8, 4) is 0 Å². The molecule has 1 aromatic heterocycles. The minimum atomic E-state index is -0.751. The second-order valence-corrected chi connectivity index (χ2v) is 5.69. The Morgan fingerprint density at radius 2 is 1.95 bits per heavy atom. The summed E-state index contributed by atoms with van der Waals surface area (Å²) in [5.74, 6) is -0.706. The van der Waals surface area contributed by atoms with Crippen LogP contribution in [0.4, 0.5) is 5.69 Å². The van der Waals surface area contributed by atoms with Gasteiger partial charge in [0.2, 0.25) is 11.8 Å². The average Bonchev–Trinajstić information content (AvgIpc) is 2.62. The number of aromatic nitrogens is 2. The summed E-state index contributed by atoms with van der Waals surface area (Å²) in [6, 6.07) is 0. The van der Waals surface area contributed by atoms with Crippen molar-refractivity contribution in [3.05, 3.63) is 12.4 Å². The first kappa shape index (κ1) is 15.2. The van der Waals surface area contributed by atoms with Crippen LogP contribution in [0.25, 0.3) is 0 Å². The van der Waals surface area contributed by atoms with E-state index in [1.54, 1.807) is 33.9 Å². The Bertz CT molecular complexity index is 485. The summed E-state index contributed by atoms with van der Waals surface area (Å²) >= 11 is 0. The second-order valence-electron chi connectivity index (χ2n) is 5.69. The molecular weight excluding hydrogens is 246 g/mol. The smallest absolute Gasteiger partial charge is 0.239 e. The van der Waals surface area contributed by atoms with Crippen LogP contribution in [-0.4, -0.2) is 27.1 Å². The highest BCUT2D eigenvalue weighted by atomic mass is 16.2. The van der Waals surface area contributed by atoms with Gasteiger partial charge in [0.1, 0.15) is 6.54 Å². The molecule has 0 spiro atoms. The van der Waals surface area contributed by atoms with Gasteiger partial charge in [-0.2, -0.15) is 5.10 Å². The zero-order valence-corrected chi connectivity index (χ0v) is 11.7. The van der Waals surface area contributed by atoms with Gasteiger partial charge >= 0.3 is 0 Å². The highest BCUT2D eigenvalue weighted by molar-refractivity contribution is 5.95. The maximum atomic E-state index is 12.2. The van der Waals surface area contributed by atoms with Gasteiger partial charge in [0.15, 0.2) is 0 Å². The van der Waals surface area contributed by atoms with Crippen molar-refractivity contribution in [3.63, 3.8) is 0 Å². The van der Waals surface area contributed by atoms with Gasteiger partial charge in [0.25, 0.3) is 0 Å². The number of anilines is 1. The van der Waals surface area contributed by atoms with E-state index in [1.807, 2.05) is 0 Å². The van der Waals surface area contributed by atoms with Crippen molar-refractivity contribution in [1.29, 1.82) is 0 Å². The van der Waals surface area contributed by atoms with Crippen LogP contribution < -0.4 is 16.8 Å². The SMILES string of the molecule is CC(C)(N)C(C)(C)C(=O)Nc1cnn(CC(N)=O)c1. The monoisotopic (exact) mass is 267 g/mol. The zero-order valence-electron chi connectivity index (χ0n) is 11.7. The lowest BCUT2D eigenvalue weighted by molar-refractivity contribution is -0.126. The maximum Gasteiger partial charge on any atom is 0.239 e. The summed E-state index contributed by atoms with van der Waals surface area (Å²) < 4.78 is 1.36. The Kier molecular flexibility index (Phi) is 4.00. The standard InChI is InChI=1S/C12H21N5O2/c1-11(2,12(3,4)14)10(19)16-8-5-15-17(6-8)7-9(13)18/h5-6H,7,14H2,1-4H3,(H2,13,18)(H,16,19). The fourth-order valence-electron chi connectivity index (χ4n) is 1.25. The van der Waals surface area contributed by atoms with E-state index in [1.165, 1.54) is 10.9 Å². The molecule has 7 nitrogen and oxygen atoms in total. The van der Waals surface area contributed by atoms with E-state index in [0.717, 1.165) is 0 Å². The molecule has 106 valence electrons.